The van der Waals surface area contributed by atoms with Crippen molar-refractivity contribution in [1.82, 2.24) is 15.5 Å². The Balaban J connectivity index is 1.16. The first-order valence-electron chi connectivity index (χ1n) is 14.9. The van der Waals surface area contributed by atoms with Crippen LogP contribution in [0, 0.1) is 0 Å². The van der Waals surface area contributed by atoms with Crippen LogP contribution >= 0.6 is 0 Å². The monoisotopic (exact) mass is 597 g/mol. The summed E-state index contributed by atoms with van der Waals surface area (Å²) in [5.41, 5.74) is 2.72. The van der Waals surface area contributed by atoms with Gasteiger partial charge in [-0.2, -0.15) is 0 Å². The predicted octanol–water partition coefficient (Wildman–Crippen LogP) is 6.65. The van der Waals surface area contributed by atoms with Crippen molar-refractivity contribution in [3.8, 4) is 17.2 Å². The molecule has 4 aromatic rings. The first-order valence-corrected chi connectivity index (χ1v) is 14.9. The number of ketones is 1. The van der Waals surface area contributed by atoms with Crippen LogP contribution in [0.4, 0.5) is 0 Å². The van der Waals surface area contributed by atoms with Crippen LogP contribution < -0.4 is 10.1 Å². The summed E-state index contributed by atoms with van der Waals surface area (Å²) < 4.78 is 17.0. The van der Waals surface area contributed by atoms with Gasteiger partial charge in [-0.3, -0.25) is 9.59 Å². The molecule has 0 spiro atoms. The first-order chi connectivity index (χ1) is 21.2. The van der Waals surface area contributed by atoms with Crippen LogP contribution in [0.15, 0.2) is 83.3 Å². The van der Waals surface area contributed by atoms with Crippen LogP contribution in [-0.4, -0.2) is 33.5 Å². The number of rotatable bonds is 15. The minimum atomic E-state index is -0.646. The fourth-order valence-corrected chi connectivity index (χ4v) is 4.41. The molecule has 1 amide bonds. The zero-order chi connectivity index (χ0) is 31.4. The quantitative estimate of drug-likeness (QED) is 0.0919. The van der Waals surface area contributed by atoms with Crippen LogP contribution in [-0.2, 0) is 33.9 Å². The van der Waals surface area contributed by atoms with E-state index in [1.54, 1.807) is 42.5 Å². The summed E-state index contributed by atoms with van der Waals surface area (Å²) in [6.45, 7) is 5.73. The van der Waals surface area contributed by atoms with Crippen LogP contribution in [0.2, 0.25) is 0 Å². The number of nitrogens with one attached hydrogen (secondary N) is 1. The van der Waals surface area contributed by atoms with Crippen molar-refractivity contribution in [2.75, 3.05) is 0 Å². The number of unbranched alkanes of at least 4 members (excludes halogenated alkanes) is 3. The Morgan fingerprint density at radius 1 is 0.818 bits per heavy atom. The molecule has 1 aromatic heterocycles. The van der Waals surface area contributed by atoms with Crippen molar-refractivity contribution < 1.29 is 28.3 Å². The summed E-state index contributed by atoms with van der Waals surface area (Å²) in [5.74, 6) is -0.361. The summed E-state index contributed by atoms with van der Waals surface area (Å²) in [6.07, 6.45) is 4.91. The number of amides is 1. The Hall–Kier alpha value is -4.79. The fourth-order valence-electron chi connectivity index (χ4n) is 4.41. The number of nitrogens with zero attached hydrogens (tertiary/aromatic N) is 2. The van der Waals surface area contributed by atoms with E-state index in [0.29, 0.717) is 23.3 Å². The zero-order valence-electron chi connectivity index (χ0n) is 25.5. The number of carbonyl (C=O) groups excluding carboxylic acids is 3. The Kier molecular flexibility index (Phi) is 11.4. The van der Waals surface area contributed by atoms with E-state index in [-0.39, 0.29) is 37.3 Å². The van der Waals surface area contributed by atoms with E-state index in [4.69, 9.17) is 13.9 Å². The molecule has 0 atom stereocenters. The van der Waals surface area contributed by atoms with Gasteiger partial charge < -0.3 is 19.2 Å². The van der Waals surface area contributed by atoms with E-state index < -0.39 is 17.3 Å². The molecule has 3 aromatic carbocycles. The minimum absolute atomic E-state index is 0.0296. The van der Waals surface area contributed by atoms with Gasteiger partial charge in [-0.1, -0.05) is 55.3 Å². The molecule has 0 fully saturated rings. The molecule has 44 heavy (non-hydrogen) atoms. The van der Waals surface area contributed by atoms with Crippen LogP contribution in [0.1, 0.15) is 80.3 Å². The summed E-state index contributed by atoms with van der Waals surface area (Å²) in [6, 6.07) is 24.6. The zero-order valence-corrected chi connectivity index (χ0v) is 25.5. The van der Waals surface area contributed by atoms with Crippen LogP contribution in [0.5, 0.6) is 5.75 Å². The summed E-state index contributed by atoms with van der Waals surface area (Å²) >= 11 is 0. The molecule has 0 aliphatic rings. The second-order valence-electron chi connectivity index (χ2n) is 11.5. The third-order valence-electron chi connectivity index (χ3n) is 6.65. The van der Waals surface area contributed by atoms with Crippen molar-refractivity contribution in [3.63, 3.8) is 0 Å². The lowest BCUT2D eigenvalue weighted by atomic mass is 10.0. The van der Waals surface area contributed by atoms with E-state index in [0.717, 1.165) is 31.2 Å². The van der Waals surface area contributed by atoms with Gasteiger partial charge in [0.15, 0.2) is 0 Å². The van der Waals surface area contributed by atoms with Crippen molar-refractivity contribution >= 4 is 17.7 Å². The molecule has 0 unspecified atom stereocenters. The number of Topliss-reactive ketones (excluding diaryl/α,β-unsaturated/α-hetero) is 1. The molecule has 0 aliphatic heterocycles. The highest BCUT2D eigenvalue weighted by atomic mass is 16.6. The maximum absolute atomic E-state index is 12.3. The highest BCUT2D eigenvalue weighted by Gasteiger charge is 2.18. The summed E-state index contributed by atoms with van der Waals surface area (Å²) in [7, 11) is 0. The molecule has 1 N–H and O–H groups in total. The Morgan fingerprint density at radius 3 is 2.30 bits per heavy atom. The average molecular weight is 598 g/mol. The van der Waals surface area contributed by atoms with Crippen molar-refractivity contribution in [2.24, 2.45) is 0 Å². The van der Waals surface area contributed by atoms with Crippen LogP contribution in [0.25, 0.3) is 11.5 Å². The molecule has 0 bridgehead atoms. The van der Waals surface area contributed by atoms with E-state index in [9.17, 15) is 14.4 Å². The maximum atomic E-state index is 12.3. The standard InChI is InChI=1S/C35H39N3O6/c1-35(2,3)44-34(41)28-16-11-15-26(22-28)24-42-29-20-18-27(19-21-29)33-38-37-31(43-33)23-36-32(40)30(39)17-10-5-4-7-12-25-13-8-6-9-14-25/h6,8-9,11,13-16,18-22H,4-5,7,10,12,17,23-24H2,1-3H3,(H,36,40). The Labute approximate surface area is 258 Å². The number of aryl methyl sites for hydroxylation is 1. The molecule has 0 radical (unpaired) electrons. The van der Waals surface area contributed by atoms with E-state index in [1.165, 1.54) is 5.56 Å². The third kappa shape index (κ3) is 10.5. The van der Waals surface area contributed by atoms with E-state index >= 15 is 0 Å². The van der Waals surface area contributed by atoms with Gasteiger partial charge in [0, 0.05) is 12.0 Å². The van der Waals surface area contributed by atoms with E-state index in [2.05, 4.69) is 27.6 Å². The largest absolute Gasteiger partial charge is 0.489 e. The lowest BCUT2D eigenvalue weighted by Crippen LogP contribution is -2.30. The van der Waals surface area contributed by atoms with Gasteiger partial charge in [-0.25, -0.2) is 4.79 Å². The van der Waals surface area contributed by atoms with Crippen LogP contribution in [0.3, 0.4) is 0 Å². The Morgan fingerprint density at radius 2 is 1.55 bits per heavy atom. The molecular weight excluding hydrogens is 558 g/mol. The number of hydrogen-bond acceptors (Lipinski definition) is 8. The highest BCUT2D eigenvalue weighted by molar-refractivity contribution is 6.36. The normalized spacial score (nSPS) is 11.2. The maximum Gasteiger partial charge on any atom is 0.338 e. The van der Waals surface area contributed by atoms with Gasteiger partial charge in [0.25, 0.3) is 5.91 Å². The van der Waals surface area contributed by atoms with Gasteiger partial charge in [-0.15, -0.1) is 10.2 Å². The lowest BCUT2D eigenvalue weighted by Gasteiger charge is -2.19. The van der Waals surface area contributed by atoms with Gasteiger partial charge in [-0.05, 0) is 87.6 Å². The SMILES string of the molecule is CC(C)(C)OC(=O)c1cccc(COc2ccc(-c3nnc(CNC(=O)C(=O)CCCCCCc4ccccc4)o3)cc2)c1. The topological polar surface area (TPSA) is 121 Å². The van der Waals surface area contributed by atoms with Crippen molar-refractivity contribution in [2.45, 2.75) is 78.0 Å². The third-order valence-corrected chi connectivity index (χ3v) is 6.65. The minimum Gasteiger partial charge on any atom is -0.489 e. The highest BCUT2D eigenvalue weighted by Crippen LogP contribution is 2.22. The predicted molar refractivity (Wildman–Crippen MR) is 166 cm³/mol. The first kappa shape index (κ1) is 32.1. The smallest absolute Gasteiger partial charge is 0.338 e. The van der Waals surface area contributed by atoms with Crippen molar-refractivity contribution in [3.05, 3.63) is 101 Å². The molecule has 9 heteroatoms. The summed E-state index contributed by atoms with van der Waals surface area (Å²) in [4.78, 5) is 36.8. The number of benzene rings is 3. The van der Waals surface area contributed by atoms with Gasteiger partial charge in [0.05, 0.1) is 12.1 Å². The van der Waals surface area contributed by atoms with Gasteiger partial charge >= 0.3 is 5.97 Å². The number of ether oxygens (including phenoxy) is 2. The molecule has 0 saturated heterocycles. The number of esters is 1. The van der Waals surface area contributed by atoms with Gasteiger partial charge in [0.1, 0.15) is 18.0 Å². The summed E-state index contributed by atoms with van der Waals surface area (Å²) in [5, 5.41) is 10.6. The second-order valence-corrected chi connectivity index (χ2v) is 11.5. The molecule has 0 saturated carbocycles. The molecule has 9 nitrogen and oxygen atoms in total. The number of carbonyl (C=O) groups is 3. The molecule has 230 valence electrons. The van der Waals surface area contributed by atoms with E-state index in [1.807, 2.05) is 45.0 Å². The number of hydrogen-bond donors (Lipinski definition) is 1. The lowest BCUT2D eigenvalue weighted by molar-refractivity contribution is -0.138. The Bertz CT molecular complexity index is 1520. The molecular formula is C35H39N3O6. The molecule has 1 heterocycles. The van der Waals surface area contributed by atoms with Crippen molar-refractivity contribution in [1.29, 1.82) is 0 Å². The average Bonchev–Trinajstić information content (AvgIpc) is 3.49. The number of aromatic nitrogens is 2. The second kappa shape index (κ2) is 15.6. The fraction of sp³-hybridized carbons (Fsp3) is 0.343. The molecule has 0 aliphatic carbocycles. The van der Waals surface area contributed by atoms with Gasteiger partial charge in [0.2, 0.25) is 17.6 Å². The molecule has 4 rings (SSSR count).